The van der Waals surface area contributed by atoms with E-state index < -0.39 is 0 Å². The SMILES string of the molecule is CCc1cc(CN2CCNCC2)c(OC)cc1OC. The van der Waals surface area contributed by atoms with Crippen molar-refractivity contribution in [2.75, 3.05) is 40.4 Å². The molecule has 1 fully saturated rings. The summed E-state index contributed by atoms with van der Waals surface area (Å²) >= 11 is 0. The number of aryl methyl sites for hydroxylation is 1. The number of hydrogen-bond donors (Lipinski definition) is 1. The van der Waals surface area contributed by atoms with E-state index in [1.807, 2.05) is 6.07 Å². The zero-order valence-electron chi connectivity index (χ0n) is 12.2. The van der Waals surface area contributed by atoms with E-state index in [1.165, 1.54) is 11.1 Å². The summed E-state index contributed by atoms with van der Waals surface area (Å²) in [6.07, 6.45) is 0.974. The summed E-state index contributed by atoms with van der Waals surface area (Å²) in [7, 11) is 3.44. The highest BCUT2D eigenvalue weighted by Gasteiger charge is 2.15. The molecule has 0 saturated carbocycles. The third-order valence-corrected chi connectivity index (χ3v) is 3.67. The van der Waals surface area contributed by atoms with Gasteiger partial charge < -0.3 is 14.8 Å². The molecule has 1 aliphatic rings. The monoisotopic (exact) mass is 264 g/mol. The Morgan fingerprint density at radius 3 is 2.26 bits per heavy atom. The van der Waals surface area contributed by atoms with Crippen LogP contribution in [-0.4, -0.2) is 45.3 Å². The van der Waals surface area contributed by atoms with Crippen molar-refractivity contribution in [2.45, 2.75) is 19.9 Å². The standard InChI is InChI=1S/C15H24N2O2/c1-4-12-9-13(11-17-7-5-16-6-8-17)15(19-3)10-14(12)18-2/h9-10,16H,4-8,11H2,1-3H3. The molecule has 0 spiro atoms. The van der Waals surface area contributed by atoms with Crippen molar-refractivity contribution in [2.24, 2.45) is 0 Å². The Bertz CT molecular complexity index is 415. The average Bonchev–Trinajstić information content (AvgIpc) is 2.47. The molecule has 4 nitrogen and oxygen atoms in total. The fourth-order valence-electron chi connectivity index (χ4n) is 2.55. The van der Waals surface area contributed by atoms with Gasteiger partial charge in [0.15, 0.2) is 0 Å². The zero-order valence-corrected chi connectivity index (χ0v) is 12.2. The van der Waals surface area contributed by atoms with E-state index in [2.05, 4.69) is 23.2 Å². The minimum absolute atomic E-state index is 0.920. The first-order valence-electron chi connectivity index (χ1n) is 6.95. The minimum atomic E-state index is 0.920. The lowest BCUT2D eigenvalue weighted by atomic mass is 10.1. The van der Waals surface area contributed by atoms with Gasteiger partial charge in [0.25, 0.3) is 0 Å². The Hall–Kier alpha value is -1.26. The largest absolute Gasteiger partial charge is 0.496 e. The summed E-state index contributed by atoms with van der Waals surface area (Å²) in [6.45, 7) is 7.42. The lowest BCUT2D eigenvalue weighted by Gasteiger charge is -2.28. The second kappa shape index (κ2) is 6.78. The van der Waals surface area contributed by atoms with Gasteiger partial charge in [0, 0.05) is 44.4 Å². The molecule has 1 saturated heterocycles. The maximum absolute atomic E-state index is 5.51. The van der Waals surface area contributed by atoms with E-state index in [0.29, 0.717) is 0 Å². The molecule has 106 valence electrons. The van der Waals surface area contributed by atoms with Crippen LogP contribution in [0.25, 0.3) is 0 Å². The average molecular weight is 264 g/mol. The van der Waals surface area contributed by atoms with Gasteiger partial charge in [-0.3, -0.25) is 4.90 Å². The van der Waals surface area contributed by atoms with Crippen LogP contribution in [-0.2, 0) is 13.0 Å². The maximum atomic E-state index is 5.51. The number of nitrogens with one attached hydrogen (secondary N) is 1. The number of ether oxygens (including phenoxy) is 2. The third kappa shape index (κ3) is 3.39. The summed E-state index contributed by atoms with van der Waals surface area (Å²) < 4.78 is 10.9. The lowest BCUT2D eigenvalue weighted by Crippen LogP contribution is -2.42. The zero-order chi connectivity index (χ0) is 13.7. The molecule has 19 heavy (non-hydrogen) atoms. The van der Waals surface area contributed by atoms with Gasteiger partial charge in [0.05, 0.1) is 14.2 Å². The lowest BCUT2D eigenvalue weighted by molar-refractivity contribution is 0.230. The summed E-state index contributed by atoms with van der Waals surface area (Å²) in [4.78, 5) is 2.46. The van der Waals surface area contributed by atoms with Crippen LogP contribution in [0.5, 0.6) is 11.5 Å². The molecule has 1 aliphatic heterocycles. The van der Waals surface area contributed by atoms with Gasteiger partial charge in [0.2, 0.25) is 0 Å². The summed E-state index contributed by atoms with van der Waals surface area (Å²) in [5, 5.41) is 3.38. The Morgan fingerprint density at radius 1 is 1.05 bits per heavy atom. The fourth-order valence-corrected chi connectivity index (χ4v) is 2.55. The Balaban J connectivity index is 2.21. The van der Waals surface area contributed by atoms with E-state index >= 15 is 0 Å². The smallest absolute Gasteiger partial charge is 0.127 e. The van der Waals surface area contributed by atoms with Gasteiger partial charge in [-0.15, -0.1) is 0 Å². The van der Waals surface area contributed by atoms with Crippen molar-refractivity contribution in [1.82, 2.24) is 10.2 Å². The van der Waals surface area contributed by atoms with E-state index in [0.717, 1.165) is 50.6 Å². The molecule has 0 aromatic heterocycles. The molecule has 0 atom stereocenters. The van der Waals surface area contributed by atoms with Gasteiger partial charge >= 0.3 is 0 Å². The molecule has 4 heteroatoms. The van der Waals surface area contributed by atoms with Crippen molar-refractivity contribution < 1.29 is 9.47 Å². The van der Waals surface area contributed by atoms with E-state index in [4.69, 9.17) is 9.47 Å². The van der Waals surface area contributed by atoms with Crippen LogP contribution in [0, 0.1) is 0 Å². The van der Waals surface area contributed by atoms with Crippen molar-refractivity contribution in [3.63, 3.8) is 0 Å². The fraction of sp³-hybridized carbons (Fsp3) is 0.600. The molecular weight excluding hydrogens is 240 g/mol. The Morgan fingerprint density at radius 2 is 1.68 bits per heavy atom. The molecule has 0 amide bonds. The van der Waals surface area contributed by atoms with Gasteiger partial charge in [-0.1, -0.05) is 6.92 Å². The molecular formula is C15H24N2O2. The van der Waals surface area contributed by atoms with Gasteiger partial charge in [-0.05, 0) is 18.1 Å². The number of methoxy groups -OCH3 is 2. The van der Waals surface area contributed by atoms with E-state index in [1.54, 1.807) is 14.2 Å². The van der Waals surface area contributed by atoms with Crippen LogP contribution in [0.3, 0.4) is 0 Å². The topological polar surface area (TPSA) is 33.7 Å². The second-order valence-corrected chi connectivity index (χ2v) is 4.86. The molecule has 1 N–H and O–H groups in total. The number of hydrogen-bond acceptors (Lipinski definition) is 4. The maximum Gasteiger partial charge on any atom is 0.127 e. The van der Waals surface area contributed by atoms with E-state index in [-0.39, 0.29) is 0 Å². The van der Waals surface area contributed by atoms with Crippen molar-refractivity contribution in [3.05, 3.63) is 23.3 Å². The quantitative estimate of drug-likeness (QED) is 0.877. The van der Waals surface area contributed by atoms with Gasteiger partial charge in [-0.25, -0.2) is 0 Å². The first-order valence-corrected chi connectivity index (χ1v) is 6.95. The highest BCUT2D eigenvalue weighted by atomic mass is 16.5. The van der Waals surface area contributed by atoms with Crippen LogP contribution >= 0.6 is 0 Å². The predicted molar refractivity (Wildman–Crippen MR) is 77.1 cm³/mol. The molecule has 1 aromatic carbocycles. The minimum Gasteiger partial charge on any atom is -0.496 e. The van der Waals surface area contributed by atoms with Gasteiger partial charge in [-0.2, -0.15) is 0 Å². The normalized spacial score (nSPS) is 16.4. The Kier molecular flexibility index (Phi) is 5.05. The van der Waals surface area contributed by atoms with Crippen LogP contribution < -0.4 is 14.8 Å². The first-order chi connectivity index (χ1) is 9.28. The van der Waals surface area contributed by atoms with Crippen LogP contribution in [0.15, 0.2) is 12.1 Å². The number of benzene rings is 1. The summed E-state index contributed by atoms with van der Waals surface area (Å²) in [5.41, 5.74) is 2.50. The van der Waals surface area contributed by atoms with E-state index in [9.17, 15) is 0 Å². The van der Waals surface area contributed by atoms with Crippen molar-refractivity contribution >= 4 is 0 Å². The highest BCUT2D eigenvalue weighted by Crippen LogP contribution is 2.30. The highest BCUT2D eigenvalue weighted by molar-refractivity contribution is 5.46. The molecule has 2 rings (SSSR count). The number of rotatable bonds is 5. The van der Waals surface area contributed by atoms with Crippen molar-refractivity contribution in [3.8, 4) is 11.5 Å². The molecule has 0 radical (unpaired) electrons. The molecule has 1 aromatic rings. The van der Waals surface area contributed by atoms with Crippen molar-refractivity contribution in [1.29, 1.82) is 0 Å². The molecule has 0 unspecified atom stereocenters. The second-order valence-electron chi connectivity index (χ2n) is 4.86. The summed E-state index contributed by atoms with van der Waals surface area (Å²) in [5.74, 6) is 1.84. The first kappa shape index (κ1) is 14.2. The van der Waals surface area contributed by atoms with Crippen LogP contribution in [0.2, 0.25) is 0 Å². The number of nitrogens with zero attached hydrogens (tertiary/aromatic N) is 1. The van der Waals surface area contributed by atoms with Crippen LogP contribution in [0.4, 0.5) is 0 Å². The molecule has 0 aliphatic carbocycles. The molecule has 0 bridgehead atoms. The summed E-state index contributed by atoms with van der Waals surface area (Å²) in [6, 6.07) is 4.23. The predicted octanol–water partition coefficient (Wildman–Crippen LogP) is 1.67. The third-order valence-electron chi connectivity index (χ3n) is 3.67. The molecule has 1 heterocycles. The van der Waals surface area contributed by atoms with Crippen LogP contribution in [0.1, 0.15) is 18.1 Å². The van der Waals surface area contributed by atoms with Gasteiger partial charge in [0.1, 0.15) is 11.5 Å². The number of piperazine rings is 1. The Labute approximate surface area is 115 Å².